The average Bonchev–Trinajstić information content (AvgIpc) is 2.47. The fraction of sp³-hybridized carbons (Fsp3) is 0.438. The predicted octanol–water partition coefficient (Wildman–Crippen LogP) is 2.53. The fourth-order valence-electron chi connectivity index (χ4n) is 2.13. The highest BCUT2D eigenvalue weighted by molar-refractivity contribution is 5.82. The summed E-state index contributed by atoms with van der Waals surface area (Å²) in [5, 5.41) is 1.65. The molecule has 0 spiro atoms. The van der Waals surface area contributed by atoms with Crippen LogP contribution in [0.25, 0.3) is 10.8 Å². The molecular weight excluding hydrogens is 252 g/mol. The summed E-state index contributed by atoms with van der Waals surface area (Å²) in [5.41, 5.74) is 5.52. The van der Waals surface area contributed by atoms with Crippen LogP contribution < -0.4 is 16.0 Å². The first kappa shape index (κ1) is 14.6. The lowest BCUT2D eigenvalue weighted by Gasteiger charge is -2.09. The highest BCUT2D eigenvalue weighted by atomic mass is 16.5. The second-order valence-corrected chi connectivity index (χ2v) is 4.91. The van der Waals surface area contributed by atoms with Crippen LogP contribution >= 0.6 is 0 Å². The third-order valence-electron chi connectivity index (χ3n) is 3.32. The normalized spacial score (nSPS) is 10.9. The lowest BCUT2D eigenvalue weighted by molar-refractivity contribution is 0.310. The molecule has 0 fully saturated rings. The van der Waals surface area contributed by atoms with Crippen molar-refractivity contribution in [2.45, 2.75) is 32.7 Å². The molecule has 20 heavy (non-hydrogen) atoms. The van der Waals surface area contributed by atoms with Crippen molar-refractivity contribution in [3.05, 3.63) is 40.8 Å². The van der Waals surface area contributed by atoms with Crippen molar-refractivity contribution in [3.8, 4) is 5.75 Å². The zero-order chi connectivity index (χ0) is 14.4. The number of unbranched alkanes of at least 4 members (excludes halogenated alkanes) is 1. The van der Waals surface area contributed by atoms with Gasteiger partial charge in [0.05, 0.1) is 6.61 Å². The van der Waals surface area contributed by atoms with Crippen LogP contribution in [0.3, 0.4) is 0 Å². The maximum atomic E-state index is 12.3. The van der Waals surface area contributed by atoms with E-state index in [1.165, 1.54) is 0 Å². The van der Waals surface area contributed by atoms with Crippen LogP contribution in [-0.4, -0.2) is 17.7 Å². The van der Waals surface area contributed by atoms with Gasteiger partial charge in [-0.3, -0.25) is 4.79 Å². The van der Waals surface area contributed by atoms with Crippen LogP contribution in [0, 0.1) is 0 Å². The molecule has 0 saturated carbocycles. The molecule has 2 aromatic rings. The molecule has 0 atom stereocenters. The van der Waals surface area contributed by atoms with Gasteiger partial charge in [0.1, 0.15) is 5.75 Å². The molecule has 0 bridgehead atoms. The molecule has 108 valence electrons. The van der Waals surface area contributed by atoms with Crippen LogP contribution in [0.15, 0.2) is 35.3 Å². The van der Waals surface area contributed by atoms with Gasteiger partial charge < -0.3 is 15.0 Å². The number of rotatable bonds is 7. The van der Waals surface area contributed by atoms with Gasteiger partial charge in [-0.05, 0) is 49.0 Å². The predicted molar refractivity (Wildman–Crippen MR) is 82.3 cm³/mol. The van der Waals surface area contributed by atoms with Gasteiger partial charge in [-0.1, -0.05) is 13.3 Å². The molecule has 0 aliphatic heterocycles. The summed E-state index contributed by atoms with van der Waals surface area (Å²) >= 11 is 0. The lowest BCUT2D eigenvalue weighted by atomic mass is 10.1. The smallest absolute Gasteiger partial charge is 0.258 e. The van der Waals surface area contributed by atoms with Crippen molar-refractivity contribution in [3.63, 3.8) is 0 Å². The van der Waals surface area contributed by atoms with Crippen LogP contribution in [0.2, 0.25) is 0 Å². The summed E-state index contributed by atoms with van der Waals surface area (Å²) in [6.07, 6.45) is 4.79. The Balaban J connectivity index is 2.24. The molecule has 4 nitrogen and oxygen atoms in total. The van der Waals surface area contributed by atoms with Crippen molar-refractivity contribution in [2.75, 3.05) is 13.2 Å². The fourth-order valence-corrected chi connectivity index (χ4v) is 2.13. The second-order valence-electron chi connectivity index (χ2n) is 4.91. The number of hydrogen-bond donors (Lipinski definition) is 1. The summed E-state index contributed by atoms with van der Waals surface area (Å²) in [4.78, 5) is 12.3. The van der Waals surface area contributed by atoms with Gasteiger partial charge in [0.2, 0.25) is 0 Å². The monoisotopic (exact) mass is 274 g/mol. The molecule has 0 aliphatic rings. The van der Waals surface area contributed by atoms with Gasteiger partial charge in [-0.15, -0.1) is 0 Å². The van der Waals surface area contributed by atoms with E-state index in [2.05, 4.69) is 6.92 Å². The maximum absolute atomic E-state index is 12.3. The van der Waals surface area contributed by atoms with Gasteiger partial charge in [-0.25, -0.2) is 0 Å². The molecule has 2 rings (SSSR count). The lowest BCUT2D eigenvalue weighted by Crippen LogP contribution is -2.20. The minimum Gasteiger partial charge on any atom is -0.494 e. The molecule has 4 heteroatoms. The minimum atomic E-state index is 0.0380. The average molecular weight is 274 g/mol. The van der Waals surface area contributed by atoms with Crippen molar-refractivity contribution >= 4 is 10.8 Å². The molecule has 2 N–H and O–H groups in total. The number of fused-ring (bicyclic) bond motifs is 1. The highest BCUT2D eigenvalue weighted by Gasteiger charge is 2.04. The largest absolute Gasteiger partial charge is 0.494 e. The highest BCUT2D eigenvalue weighted by Crippen LogP contribution is 2.18. The Morgan fingerprint density at radius 3 is 2.85 bits per heavy atom. The first-order chi connectivity index (χ1) is 9.76. The molecular formula is C16H22N2O2. The van der Waals surface area contributed by atoms with E-state index in [1.54, 1.807) is 4.57 Å². The summed E-state index contributed by atoms with van der Waals surface area (Å²) in [6.45, 7) is 4.11. The molecule has 0 radical (unpaired) electrons. The van der Waals surface area contributed by atoms with E-state index in [4.69, 9.17) is 10.5 Å². The number of pyridine rings is 1. The number of nitrogens with two attached hydrogens (primary N) is 1. The van der Waals surface area contributed by atoms with Gasteiger partial charge >= 0.3 is 0 Å². The molecule has 1 heterocycles. The van der Waals surface area contributed by atoms with Gasteiger partial charge in [0, 0.05) is 18.1 Å². The van der Waals surface area contributed by atoms with Crippen molar-refractivity contribution in [1.29, 1.82) is 0 Å². The zero-order valence-electron chi connectivity index (χ0n) is 12.0. The maximum Gasteiger partial charge on any atom is 0.258 e. The number of nitrogens with zero attached hydrogens (tertiary/aromatic N) is 1. The molecule has 0 amide bonds. The van der Waals surface area contributed by atoms with Crippen molar-refractivity contribution in [1.82, 2.24) is 4.57 Å². The molecule has 0 saturated heterocycles. The van der Waals surface area contributed by atoms with Gasteiger partial charge in [-0.2, -0.15) is 0 Å². The third kappa shape index (κ3) is 3.39. The summed E-state index contributed by atoms with van der Waals surface area (Å²) < 4.78 is 7.38. The topological polar surface area (TPSA) is 57.2 Å². The SMILES string of the molecule is CCCCOc1ccc2c(=O)n(CCCN)ccc2c1. The molecule has 1 aromatic heterocycles. The number of aromatic nitrogens is 1. The number of hydrogen-bond acceptors (Lipinski definition) is 3. The summed E-state index contributed by atoms with van der Waals surface area (Å²) in [5.74, 6) is 0.824. The Hall–Kier alpha value is -1.81. The third-order valence-corrected chi connectivity index (χ3v) is 3.32. The minimum absolute atomic E-state index is 0.0380. The Bertz CT molecular complexity index is 619. The van der Waals surface area contributed by atoms with Crippen LogP contribution in [0.4, 0.5) is 0 Å². The van der Waals surface area contributed by atoms with E-state index in [0.29, 0.717) is 13.1 Å². The Morgan fingerprint density at radius 1 is 1.25 bits per heavy atom. The van der Waals surface area contributed by atoms with Crippen molar-refractivity contribution < 1.29 is 4.74 Å². The van der Waals surface area contributed by atoms with E-state index in [1.807, 2.05) is 30.5 Å². The van der Waals surface area contributed by atoms with E-state index in [-0.39, 0.29) is 5.56 Å². The van der Waals surface area contributed by atoms with E-state index >= 15 is 0 Å². The molecule has 1 aromatic carbocycles. The Labute approximate surface area is 119 Å². The van der Waals surface area contributed by atoms with E-state index in [9.17, 15) is 4.79 Å². The Kier molecular flexibility index (Phi) is 5.18. The van der Waals surface area contributed by atoms with Crippen molar-refractivity contribution in [2.24, 2.45) is 5.73 Å². The Morgan fingerprint density at radius 2 is 2.10 bits per heavy atom. The van der Waals surface area contributed by atoms with E-state index < -0.39 is 0 Å². The molecule has 0 aliphatic carbocycles. The number of ether oxygens (including phenoxy) is 1. The van der Waals surface area contributed by atoms with Crippen LogP contribution in [-0.2, 0) is 6.54 Å². The quantitative estimate of drug-likeness (QED) is 0.789. The van der Waals surface area contributed by atoms with Crippen LogP contribution in [0.5, 0.6) is 5.75 Å². The first-order valence-electron chi connectivity index (χ1n) is 7.22. The number of benzene rings is 1. The molecule has 0 unspecified atom stereocenters. The zero-order valence-corrected chi connectivity index (χ0v) is 12.0. The standard InChI is InChI=1S/C16H22N2O2/c1-2-3-11-20-14-5-6-15-13(12-14)7-10-18(16(15)19)9-4-8-17/h5-7,10,12H,2-4,8-9,11,17H2,1H3. The second kappa shape index (κ2) is 7.10. The van der Waals surface area contributed by atoms with E-state index in [0.717, 1.165) is 42.4 Å². The summed E-state index contributed by atoms with van der Waals surface area (Å²) in [6, 6.07) is 7.60. The summed E-state index contributed by atoms with van der Waals surface area (Å²) in [7, 11) is 0. The first-order valence-corrected chi connectivity index (χ1v) is 7.22. The van der Waals surface area contributed by atoms with Gasteiger partial charge in [0.15, 0.2) is 0 Å². The van der Waals surface area contributed by atoms with Gasteiger partial charge in [0.25, 0.3) is 5.56 Å². The number of aryl methyl sites for hydroxylation is 1. The van der Waals surface area contributed by atoms with Crippen LogP contribution in [0.1, 0.15) is 26.2 Å².